The number of oxazole rings is 1. The maximum absolute atomic E-state index is 13.2. The summed E-state index contributed by atoms with van der Waals surface area (Å²) in [6.07, 6.45) is 4.39. The first-order chi connectivity index (χ1) is 20.5. The van der Waals surface area contributed by atoms with Crippen LogP contribution in [-0.2, 0) is 4.74 Å². The minimum Gasteiger partial charge on any atom is -0.448 e. The monoisotopic (exact) mass is 572 g/mol. The van der Waals surface area contributed by atoms with Crippen LogP contribution < -0.4 is 20.4 Å². The fourth-order valence-corrected chi connectivity index (χ4v) is 5.69. The average Bonchev–Trinajstić information content (AvgIpc) is 3.76. The van der Waals surface area contributed by atoms with E-state index < -0.39 is 0 Å². The molecular formula is C32H40N6O4. The summed E-state index contributed by atoms with van der Waals surface area (Å²) >= 11 is 0. The fraction of sp³-hybridized carbons (Fsp3) is 0.469. The van der Waals surface area contributed by atoms with E-state index in [0.717, 1.165) is 84.0 Å². The molecule has 10 heteroatoms. The Hall–Kier alpha value is -3.89. The molecule has 0 radical (unpaired) electrons. The number of aryl methyl sites for hydroxylation is 1. The summed E-state index contributed by atoms with van der Waals surface area (Å²) < 4.78 is 11.0. The summed E-state index contributed by atoms with van der Waals surface area (Å²) in [5, 5.41) is 6.08. The number of nitrogens with one attached hydrogen (secondary N) is 2. The van der Waals surface area contributed by atoms with Gasteiger partial charge in [-0.3, -0.25) is 14.5 Å². The highest BCUT2D eigenvalue weighted by molar-refractivity contribution is 6.06. The molecule has 6 rings (SSSR count). The molecule has 1 saturated carbocycles. The molecule has 0 unspecified atom stereocenters. The lowest BCUT2D eigenvalue weighted by Gasteiger charge is -2.38. The zero-order valence-electron chi connectivity index (χ0n) is 24.3. The summed E-state index contributed by atoms with van der Waals surface area (Å²) in [4.78, 5) is 37.8. The molecular weight excluding hydrogens is 532 g/mol. The number of nitrogens with zero attached hydrogens (tertiary/aromatic N) is 4. The van der Waals surface area contributed by atoms with Crippen LogP contribution in [0.2, 0.25) is 0 Å². The van der Waals surface area contributed by atoms with Crippen LogP contribution in [0.5, 0.6) is 0 Å². The van der Waals surface area contributed by atoms with Gasteiger partial charge in [0.15, 0.2) is 11.6 Å². The summed E-state index contributed by atoms with van der Waals surface area (Å²) in [7, 11) is 0. The smallest absolute Gasteiger partial charge is 0.277 e. The third-order valence-electron chi connectivity index (χ3n) is 8.30. The number of hydrogen-bond acceptors (Lipinski definition) is 8. The largest absolute Gasteiger partial charge is 0.448 e. The van der Waals surface area contributed by atoms with Crippen molar-refractivity contribution in [1.82, 2.24) is 15.2 Å². The van der Waals surface area contributed by atoms with Crippen LogP contribution >= 0.6 is 0 Å². The van der Waals surface area contributed by atoms with E-state index in [-0.39, 0.29) is 17.5 Å². The van der Waals surface area contributed by atoms with Gasteiger partial charge in [-0.15, -0.1) is 0 Å². The second-order valence-electron chi connectivity index (χ2n) is 11.4. The molecule has 0 spiro atoms. The minimum absolute atomic E-state index is 0.152. The first-order valence-electron chi connectivity index (χ1n) is 15.1. The Kier molecular flexibility index (Phi) is 8.71. The second-order valence-corrected chi connectivity index (χ2v) is 11.4. The van der Waals surface area contributed by atoms with Crippen molar-refractivity contribution in [2.45, 2.75) is 32.1 Å². The number of morpholine rings is 1. The number of anilines is 3. The van der Waals surface area contributed by atoms with Gasteiger partial charge in [-0.05, 0) is 62.6 Å². The first-order valence-corrected chi connectivity index (χ1v) is 15.1. The molecule has 0 bridgehead atoms. The van der Waals surface area contributed by atoms with Gasteiger partial charge >= 0.3 is 0 Å². The van der Waals surface area contributed by atoms with Gasteiger partial charge in [0, 0.05) is 63.0 Å². The van der Waals surface area contributed by atoms with Crippen molar-refractivity contribution in [3.63, 3.8) is 0 Å². The van der Waals surface area contributed by atoms with Gasteiger partial charge in [0.25, 0.3) is 11.8 Å². The van der Waals surface area contributed by atoms with Crippen LogP contribution in [-0.4, -0.2) is 87.3 Å². The highest BCUT2D eigenvalue weighted by Gasteiger charge is 2.30. The van der Waals surface area contributed by atoms with Gasteiger partial charge in [-0.25, -0.2) is 4.98 Å². The number of amides is 2. The molecule has 3 aliphatic rings. The Labute approximate surface area is 247 Å². The number of para-hydroxylation sites is 1. The molecule has 222 valence electrons. The molecule has 10 nitrogen and oxygen atoms in total. The minimum atomic E-state index is -0.339. The molecule has 1 aromatic heterocycles. The molecule has 2 aromatic carbocycles. The molecule has 42 heavy (non-hydrogen) atoms. The topological polar surface area (TPSA) is 103 Å². The van der Waals surface area contributed by atoms with Crippen molar-refractivity contribution in [3.8, 4) is 0 Å². The SMILES string of the molecule is Cc1ccccc1N1CCN(c2ccc(C(=O)NCCCN3CCOCC3)cc2NC(=O)c2coc(C3CC3)n2)CC1. The van der Waals surface area contributed by atoms with E-state index in [9.17, 15) is 9.59 Å². The third-order valence-corrected chi connectivity index (χ3v) is 8.30. The fourth-order valence-electron chi connectivity index (χ4n) is 5.69. The molecule has 2 N–H and O–H groups in total. The van der Waals surface area contributed by atoms with Crippen molar-refractivity contribution in [1.29, 1.82) is 0 Å². The van der Waals surface area contributed by atoms with Crippen LogP contribution in [0.25, 0.3) is 0 Å². The Morgan fingerprint density at radius 3 is 2.40 bits per heavy atom. The van der Waals surface area contributed by atoms with Crippen molar-refractivity contribution < 1.29 is 18.7 Å². The number of hydrogen-bond donors (Lipinski definition) is 2. The third kappa shape index (κ3) is 6.77. The molecule has 2 amide bonds. The Balaban J connectivity index is 1.14. The van der Waals surface area contributed by atoms with Crippen LogP contribution in [0.1, 0.15) is 57.5 Å². The quantitative estimate of drug-likeness (QED) is 0.353. The van der Waals surface area contributed by atoms with Crippen LogP contribution in [0, 0.1) is 6.92 Å². The van der Waals surface area contributed by atoms with Crippen molar-refractivity contribution >= 4 is 28.9 Å². The van der Waals surface area contributed by atoms with Crippen molar-refractivity contribution in [2.75, 3.05) is 80.7 Å². The van der Waals surface area contributed by atoms with Gasteiger partial charge in [0.2, 0.25) is 0 Å². The summed E-state index contributed by atoms with van der Waals surface area (Å²) in [6.45, 7) is 10.4. The Morgan fingerprint density at radius 1 is 0.929 bits per heavy atom. The van der Waals surface area contributed by atoms with Crippen LogP contribution in [0.4, 0.5) is 17.1 Å². The highest BCUT2D eigenvalue weighted by Crippen LogP contribution is 2.39. The normalized spacial score (nSPS) is 17.7. The van der Waals surface area contributed by atoms with Crippen molar-refractivity contribution in [3.05, 3.63) is 71.4 Å². The van der Waals surface area contributed by atoms with E-state index >= 15 is 0 Å². The molecule has 2 aliphatic heterocycles. The summed E-state index contributed by atoms with van der Waals surface area (Å²) in [5.74, 6) is 0.453. The molecule has 0 atom stereocenters. The predicted molar refractivity (Wildman–Crippen MR) is 163 cm³/mol. The lowest BCUT2D eigenvalue weighted by molar-refractivity contribution is 0.0374. The molecule has 2 saturated heterocycles. The molecule has 1 aliphatic carbocycles. The number of carbonyl (C=O) groups is 2. The van der Waals surface area contributed by atoms with E-state index in [1.54, 1.807) is 6.07 Å². The zero-order chi connectivity index (χ0) is 28.9. The van der Waals surface area contributed by atoms with E-state index in [1.165, 1.54) is 17.5 Å². The molecule has 3 aromatic rings. The number of rotatable bonds is 10. The van der Waals surface area contributed by atoms with E-state index in [1.807, 2.05) is 12.1 Å². The number of carbonyl (C=O) groups excluding carboxylic acids is 2. The van der Waals surface area contributed by atoms with E-state index in [2.05, 4.69) is 61.5 Å². The zero-order valence-corrected chi connectivity index (χ0v) is 24.3. The number of piperazine rings is 1. The Bertz CT molecular complexity index is 1390. The molecule has 3 fully saturated rings. The highest BCUT2D eigenvalue weighted by atomic mass is 16.5. The Morgan fingerprint density at radius 2 is 1.67 bits per heavy atom. The first kappa shape index (κ1) is 28.2. The summed E-state index contributed by atoms with van der Waals surface area (Å²) in [6, 6.07) is 14.0. The van der Waals surface area contributed by atoms with Gasteiger partial charge < -0.3 is 29.6 Å². The standard InChI is InChI=1S/C32H40N6O4/c1-23-5-2-3-6-28(23)37-13-15-38(16-14-37)29-10-9-25(30(39)33-11-4-12-36-17-19-41-20-18-36)21-26(29)34-31(40)27-22-42-32(35-27)24-7-8-24/h2-3,5-6,9-10,21-22,24H,4,7-8,11-20H2,1H3,(H,33,39)(H,34,40). The number of aromatic nitrogens is 1. The van der Waals surface area contributed by atoms with E-state index in [0.29, 0.717) is 29.6 Å². The van der Waals surface area contributed by atoms with Gasteiger partial charge in [0.05, 0.1) is 24.6 Å². The van der Waals surface area contributed by atoms with Gasteiger partial charge in [-0.1, -0.05) is 18.2 Å². The van der Waals surface area contributed by atoms with Gasteiger partial charge in [0.1, 0.15) is 6.26 Å². The maximum Gasteiger partial charge on any atom is 0.277 e. The second kappa shape index (κ2) is 13.0. The number of benzene rings is 2. The van der Waals surface area contributed by atoms with E-state index in [4.69, 9.17) is 9.15 Å². The maximum atomic E-state index is 13.2. The summed E-state index contributed by atoms with van der Waals surface area (Å²) in [5.41, 5.74) is 4.77. The van der Waals surface area contributed by atoms with Gasteiger partial charge in [-0.2, -0.15) is 0 Å². The van der Waals surface area contributed by atoms with Crippen molar-refractivity contribution in [2.24, 2.45) is 0 Å². The number of ether oxygens (including phenoxy) is 1. The molecule has 3 heterocycles. The predicted octanol–water partition coefficient (Wildman–Crippen LogP) is 3.89. The van der Waals surface area contributed by atoms with Crippen LogP contribution in [0.3, 0.4) is 0 Å². The van der Waals surface area contributed by atoms with Crippen LogP contribution in [0.15, 0.2) is 53.1 Å². The lowest BCUT2D eigenvalue weighted by atomic mass is 10.1. The lowest BCUT2D eigenvalue weighted by Crippen LogP contribution is -2.47. The average molecular weight is 573 g/mol.